The number of rotatable bonds is 5. The topological polar surface area (TPSA) is 28.2 Å². The van der Waals surface area contributed by atoms with E-state index in [2.05, 4.69) is 51.3 Å². The van der Waals surface area contributed by atoms with Crippen LogP contribution in [0.4, 0.5) is 0 Å². The minimum atomic E-state index is 0.353. The molecule has 1 N–H and O–H groups in total. The van der Waals surface area contributed by atoms with E-state index in [-0.39, 0.29) is 0 Å². The molecule has 1 aliphatic carbocycles. The molecular weight excluding hydrogens is 290 g/mol. The first-order chi connectivity index (χ1) is 8.62. The van der Waals surface area contributed by atoms with Crippen LogP contribution < -0.4 is 5.32 Å². The molecule has 1 aromatic rings. The van der Waals surface area contributed by atoms with Gasteiger partial charge in [-0.25, -0.2) is 4.98 Å². The van der Waals surface area contributed by atoms with Crippen LogP contribution in [-0.2, 0) is 6.54 Å². The lowest BCUT2D eigenvalue weighted by molar-refractivity contribution is 0.153. The summed E-state index contributed by atoms with van der Waals surface area (Å²) >= 11 is 3.41. The average Bonchev–Trinajstić information content (AvgIpc) is 2.79. The van der Waals surface area contributed by atoms with Crippen molar-refractivity contribution >= 4 is 15.9 Å². The molecule has 18 heavy (non-hydrogen) atoms. The maximum absolute atomic E-state index is 4.45. The van der Waals surface area contributed by atoms with Crippen molar-refractivity contribution in [2.75, 3.05) is 20.6 Å². The molecule has 0 saturated heterocycles. The molecule has 1 heterocycles. The van der Waals surface area contributed by atoms with Gasteiger partial charge >= 0.3 is 0 Å². The van der Waals surface area contributed by atoms with E-state index in [0.717, 1.165) is 23.4 Å². The van der Waals surface area contributed by atoms with Crippen molar-refractivity contribution in [3.05, 3.63) is 28.5 Å². The summed E-state index contributed by atoms with van der Waals surface area (Å²) in [6, 6.07) is 6.06. The molecule has 100 valence electrons. The third kappa shape index (κ3) is 3.31. The molecule has 2 rings (SSSR count). The quantitative estimate of drug-likeness (QED) is 0.848. The zero-order valence-corrected chi connectivity index (χ0v) is 12.8. The number of nitrogens with zero attached hydrogens (tertiary/aromatic N) is 2. The van der Waals surface area contributed by atoms with Gasteiger partial charge in [-0.2, -0.15) is 0 Å². The molecular formula is C14H22BrN3. The van der Waals surface area contributed by atoms with E-state index in [9.17, 15) is 0 Å². The molecule has 1 aliphatic rings. The van der Waals surface area contributed by atoms with Crippen LogP contribution in [0.5, 0.6) is 0 Å². The zero-order valence-electron chi connectivity index (χ0n) is 11.2. The average molecular weight is 312 g/mol. The molecule has 1 fully saturated rings. The van der Waals surface area contributed by atoms with Gasteiger partial charge in [-0.05, 0) is 55.0 Å². The van der Waals surface area contributed by atoms with Crippen molar-refractivity contribution in [3.8, 4) is 0 Å². The normalized spacial score (nSPS) is 18.4. The molecule has 0 unspecified atom stereocenters. The Hall–Kier alpha value is -0.450. The van der Waals surface area contributed by atoms with Crippen LogP contribution in [0, 0.1) is 0 Å². The van der Waals surface area contributed by atoms with Crippen molar-refractivity contribution in [3.63, 3.8) is 0 Å². The number of pyridine rings is 1. The molecule has 1 saturated carbocycles. The van der Waals surface area contributed by atoms with Crippen molar-refractivity contribution in [2.24, 2.45) is 0 Å². The van der Waals surface area contributed by atoms with Gasteiger partial charge in [0.25, 0.3) is 0 Å². The SMILES string of the molecule is CN(C)C1(CNCc2cccc(Br)n2)CCCC1. The third-order valence-electron chi connectivity index (χ3n) is 4.02. The lowest BCUT2D eigenvalue weighted by Crippen LogP contribution is -2.49. The smallest absolute Gasteiger partial charge is 0.106 e. The van der Waals surface area contributed by atoms with Crippen LogP contribution in [0.3, 0.4) is 0 Å². The predicted octanol–water partition coefficient (Wildman–Crippen LogP) is 2.81. The first kappa shape index (κ1) is 14.0. The molecule has 3 nitrogen and oxygen atoms in total. The highest BCUT2D eigenvalue weighted by Crippen LogP contribution is 2.33. The minimum absolute atomic E-state index is 0.353. The number of aromatic nitrogens is 1. The van der Waals surface area contributed by atoms with Gasteiger partial charge < -0.3 is 10.2 Å². The van der Waals surface area contributed by atoms with E-state index in [4.69, 9.17) is 0 Å². The molecule has 1 aromatic heterocycles. The van der Waals surface area contributed by atoms with Crippen molar-refractivity contribution < 1.29 is 0 Å². The zero-order chi connectivity index (χ0) is 13.0. The summed E-state index contributed by atoms with van der Waals surface area (Å²) in [6.07, 6.45) is 5.32. The molecule has 0 radical (unpaired) electrons. The number of nitrogens with one attached hydrogen (secondary N) is 1. The molecule has 0 atom stereocenters. The van der Waals surface area contributed by atoms with Gasteiger partial charge in [-0.15, -0.1) is 0 Å². The Kier molecular flexibility index (Phi) is 4.76. The summed E-state index contributed by atoms with van der Waals surface area (Å²) in [4.78, 5) is 6.84. The first-order valence-corrected chi connectivity index (χ1v) is 7.41. The fraction of sp³-hybridized carbons (Fsp3) is 0.643. The van der Waals surface area contributed by atoms with Crippen LogP contribution in [0.15, 0.2) is 22.8 Å². The fourth-order valence-corrected chi connectivity index (χ4v) is 3.17. The maximum atomic E-state index is 4.45. The lowest BCUT2D eigenvalue weighted by Gasteiger charge is -2.36. The second kappa shape index (κ2) is 6.13. The first-order valence-electron chi connectivity index (χ1n) is 6.62. The Morgan fingerprint density at radius 3 is 2.67 bits per heavy atom. The maximum Gasteiger partial charge on any atom is 0.106 e. The summed E-state index contributed by atoms with van der Waals surface area (Å²) < 4.78 is 0.907. The van der Waals surface area contributed by atoms with Gasteiger partial charge in [0.1, 0.15) is 4.60 Å². The molecule has 0 bridgehead atoms. The van der Waals surface area contributed by atoms with Gasteiger partial charge in [-0.1, -0.05) is 18.9 Å². The Morgan fingerprint density at radius 1 is 1.33 bits per heavy atom. The highest BCUT2D eigenvalue weighted by Gasteiger charge is 2.35. The van der Waals surface area contributed by atoms with Crippen LogP contribution in [0.25, 0.3) is 0 Å². The van der Waals surface area contributed by atoms with Crippen molar-refractivity contribution in [1.29, 1.82) is 0 Å². The van der Waals surface area contributed by atoms with E-state index >= 15 is 0 Å². The van der Waals surface area contributed by atoms with Crippen LogP contribution >= 0.6 is 15.9 Å². The van der Waals surface area contributed by atoms with Gasteiger partial charge in [0, 0.05) is 18.6 Å². The van der Waals surface area contributed by atoms with E-state index in [1.54, 1.807) is 0 Å². The van der Waals surface area contributed by atoms with E-state index in [1.165, 1.54) is 25.7 Å². The summed E-state index contributed by atoms with van der Waals surface area (Å²) in [5, 5.41) is 3.57. The molecule has 4 heteroatoms. The second-order valence-corrected chi connectivity index (χ2v) is 6.19. The Morgan fingerprint density at radius 2 is 2.06 bits per heavy atom. The number of hydrogen-bond acceptors (Lipinski definition) is 3. The van der Waals surface area contributed by atoms with E-state index in [0.29, 0.717) is 5.54 Å². The third-order valence-corrected chi connectivity index (χ3v) is 4.46. The Bertz CT molecular complexity index is 386. The van der Waals surface area contributed by atoms with Crippen LogP contribution in [-0.4, -0.2) is 36.1 Å². The number of halogens is 1. The van der Waals surface area contributed by atoms with Crippen molar-refractivity contribution in [1.82, 2.24) is 15.2 Å². The minimum Gasteiger partial charge on any atom is -0.309 e. The van der Waals surface area contributed by atoms with Gasteiger partial charge in [0.15, 0.2) is 0 Å². The second-order valence-electron chi connectivity index (χ2n) is 5.38. The summed E-state index contributed by atoms with van der Waals surface area (Å²) in [5.74, 6) is 0. The largest absolute Gasteiger partial charge is 0.309 e. The lowest BCUT2D eigenvalue weighted by atomic mass is 9.96. The Labute approximate surface area is 118 Å². The summed E-state index contributed by atoms with van der Waals surface area (Å²) in [5.41, 5.74) is 1.45. The van der Waals surface area contributed by atoms with Crippen LogP contribution in [0.2, 0.25) is 0 Å². The number of likely N-dealkylation sites (N-methyl/N-ethyl adjacent to an activating group) is 1. The Balaban J connectivity index is 1.87. The molecule has 0 aromatic carbocycles. The predicted molar refractivity (Wildman–Crippen MR) is 78.5 cm³/mol. The summed E-state index contributed by atoms with van der Waals surface area (Å²) in [7, 11) is 4.40. The molecule has 0 spiro atoms. The molecule has 0 amide bonds. The fourth-order valence-electron chi connectivity index (χ4n) is 2.79. The van der Waals surface area contributed by atoms with Gasteiger partial charge in [0.05, 0.1) is 5.69 Å². The van der Waals surface area contributed by atoms with Gasteiger partial charge in [-0.3, -0.25) is 0 Å². The van der Waals surface area contributed by atoms with Gasteiger partial charge in [0.2, 0.25) is 0 Å². The summed E-state index contributed by atoms with van der Waals surface area (Å²) in [6.45, 7) is 1.89. The highest BCUT2D eigenvalue weighted by molar-refractivity contribution is 9.10. The number of hydrogen-bond donors (Lipinski definition) is 1. The van der Waals surface area contributed by atoms with E-state index in [1.807, 2.05) is 12.1 Å². The highest BCUT2D eigenvalue weighted by atomic mass is 79.9. The van der Waals surface area contributed by atoms with E-state index < -0.39 is 0 Å². The monoisotopic (exact) mass is 311 g/mol. The van der Waals surface area contributed by atoms with Crippen molar-refractivity contribution in [2.45, 2.75) is 37.8 Å². The molecule has 0 aliphatic heterocycles. The van der Waals surface area contributed by atoms with Crippen LogP contribution in [0.1, 0.15) is 31.4 Å². The standard InChI is InChI=1S/C14H22BrN3/c1-18(2)14(8-3-4-9-14)11-16-10-12-6-5-7-13(15)17-12/h5-7,16H,3-4,8-11H2,1-2H3.